The van der Waals surface area contributed by atoms with E-state index in [1.807, 2.05) is 60.1 Å². The van der Waals surface area contributed by atoms with Gasteiger partial charge in [0.25, 0.3) is 0 Å². The van der Waals surface area contributed by atoms with Gasteiger partial charge in [-0.15, -0.1) is 11.3 Å². The van der Waals surface area contributed by atoms with Crippen molar-refractivity contribution >= 4 is 53.4 Å². The van der Waals surface area contributed by atoms with Gasteiger partial charge in [-0.2, -0.15) is 0 Å². The van der Waals surface area contributed by atoms with Gasteiger partial charge in [-0.1, -0.05) is 133 Å². The number of furan rings is 1. The molecule has 0 saturated heterocycles. The first-order valence-corrected chi connectivity index (χ1v) is 19.5. The summed E-state index contributed by atoms with van der Waals surface area (Å²) in [6.45, 7) is 0. The van der Waals surface area contributed by atoms with Crippen molar-refractivity contribution in [3.8, 4) is 67.3 Å². The number of thiophene rings is 1. The second-order valence-corrected chi connectivity index (χ2v) is 15.0. The lowest BCUT2D eigenvalue weighted by Gasteiger charge is -2.12. The van der Waals surface area contributed by atoms with Crippen molar-refractivity contribution in [1.29, 1.82) is 0 Å². The Morgan fingerprint density at radius 2 is 0.982 bits per heavy atom. The minimum atomic E-state index is 0.688. The van der Waals surface area contributed by atoms with Gasteiger partial charge in [-0.25, -0.2) is 9.97 Å². The molecule has 0 saturated carbocycles. The number of para-hydroxylation sites is 1. The van der Waals surface area contributed by atoms with Gasteiger partial charge in [0.2, 0.25) is 0 Å². The molecule has 0 radical (unpaired) electrons. The second kappa shape index (κ2) is 13.3. The number of nitrogens with zero attached hydrogens (tertiary/aromatic N) is 3. The molecule has 7 aromatic carbocycles. The number of pyridine rings is 1. The molecule has 4 nitrogen and oxygen atoms in total. The van der Waals surface area contributed by atoms with Gasteiger partial charge < -0.3 is 4.42 Å². The first kappa shape index (κ1) is 32.2. The molecule has 0 aliphatic carbocycles. The molecule has 0 amide bonds. The van der Waals surface area contributed by atoms with Crippen LogP contribution in [0.2, 0.25) is 0 Å². The van der Waals surface area contributed by atoms with E-state index in [4.69, 9.17) is 14.4 Å². The van der Waals surface area contributed by atoms with Crippen LogP contribution in [-0.4, -0.2) is 15.0 Å². The van der Waals surface area contributed by atoms with E-state index in [9.17, 15) is 0 Å². The van der Waals surface area contributed by atoms with Gasteiger partial charge in [0.15, 0.2) is 5.82 Å². The van der Waals surface area contributed by atoms with Crippen molar-refractivity contribution in [1.82, 2.24) is 15.0 Å². The van der Waals surface area contributed by atoms with E-state index in [1.165, 1.54) is 31.3 Å². The third-order valence-corrected chi connectivity index (χ3v) is 11.8. The van der Waals surface area contributed by atoms with Gasteiger partial charge in [0.05, 0.1) is 11.4 Å². The van der Waals surface area contributed by atoms with Crippen molar-refractivity contribution in [3.63, 3.8) is 0 Å². The van der Waals surface area contributed by atoms with E-state index in [0.717, 1.165) is 72.3 Å². The molecular weight excluding hydrogens is 703 g/mol. The van der Waals surface area contributed by atoms with Crippen LogP contribution in [0.1, 0.15) is 0 Å². The smallest absolute Gasteiger partial charge is 0.160 e. The molecule has 0 aliphatic rings. The molecule has 0 aliphatic heterocycles. The Morgan fingerprint density at radius 1 is 0.393 bits per heavy atom. The highest BCUT2D eigenvalue weighted by Gasteiger charge is 2.20. The van der Waals surface area contributed by atoms with Crippen LogP contribution in [0.4, 0.5) is 0 Å². The van der Waals surface area contributed by atoms with Crippen molar-refractivity contribution < 1.29 is 4.42 Å². The van der Waals surface area contributed by atoms with E-state index >= 15 is 0 Å². The van der Waals surface area contributed by atoms with Crippen LogP contribution >= 0.6 is 11.3 Å². The summed E-state index contributed by atoms with van der Waals surface area (Å²) in [6.07, 6.45) is 3.64. The average molecular weight is 734 g/mol. The van der Waals surface area contributed by atoms with E-state index < -0.39 is 0 Å². The van der Waals surface area contributed by atoms with Crippen molar-refractivity contribution in [2.24, 2.45) is 0 Å². The Hall–Kier alpha value is -7.21. The van der Waals surface area contributed by atoms with Crippen LogP contribution in [0.5, 0.6) is 0 Å². The third kappa shape index (κ3) is 5.48. The number of hydrogen-bond donors (Lipinski definition) is 0. The summed E-state index contributed by atoms with van der Waals surface area (Å²) in [6, 6.07) is 61.7. The second-order valence-electron chi connectivity index (χ2n) is 14.0. The van der Waals surface area contributed by atoms with Crippen LogP contribution in [-0.2, 0) is 0 Å². The molecule has 5 heteroatoms. The molecule has 0 fully saturated rings. The zero-order valence-corrected chi connectivity index (χ0v) is 30.9. The molecule has 0 atom stereocenters. The normalized spacial score (nSPS) is 11.6. The van der Waals surface area contributed by atoms with Crippen LogP contribution in [0, 0.1) is 0 Å². The van der Waals surface area contributed by atoms with Gasteiger partial charge >= 0.3 is 0 Å². The molecule has 4 heterocycles. The van der Waals surface area contributed by atoms with E-state index in [0.29, 0.717) is 5.82 Å². The molecule has 0 N–H and O–H groups in total. The Bertz CT molecular complexity index is 3220. The fourth-order valence-corrected chi connectivity index (χ4v) is 9.07. The molecule has 0 bridgehead atoms. The molecule has 56 heavy (non-hydrogen) atoms. The number of hydrogen-bond acceptors (Lipinski definition) is 5. The predicted molar refractivity (Wildman–Crippen MR) is 233 cm³/mol. The Kier molecular flexibility index (Phi) is 7.64. The number of benzene rings is 7. The first-order chi connectivity index (χ1) is 27.7. The fourth-order valence-electron chi connectivity index (χ4n) is 7.94. The molecule has 11 rings (SSSR count). The summed E-state index contributed by atoms with van der Waals surface area (Å²) in [5.74, 6) is 0.688. The van der Waals surface area contributed by atoms with Crippen LogP contribution in [0.15, 0.2) is 193 Å². The molecule has 11 aromatic rings. The standard InChI is InChI=1S/C51H31N3OS/c1-2-9-37(10-3-1)51-53-43(35-21-17-32(18-22-35)33-27-29-52-30-28-33)31-44(54-51)36-23-19-34(20-24-36)38-25-26-40(49-41-11-4-6-14-45(41)55-50(38)49)39-13-8-16-47-48(39)42-12-5-7-15-46(42)56-47/h1-31H. The monoisotopic (exact) mass is 733 g/mol. The summed E-state index contributed by atoms with van der Waals surface area (Å²) < 4.78 is 9.32. The maximum Gasteiger partial charge on any atom is 0.160 e. The zero-order chi connectivity index (χ0) is 37.0. The summed E-state index contributed by atoms with van der Waals surface area (Å²) in [4.78, 5) is 14.3. The van der Waals surface area contributed by atoms with Crippen LogP contribution in [0.3, 0.4) is 0 Å². The Morgan fingerprint density at radius 3 is 1.75 bits per heavy atom. The predicted octanol–water partition coefficient (Wildman–Crippen LogP) is 14.1. The highest BCUT2D eigenvalue weighted by atomic mass is 32.1. The van der Waals surface area contributed by atoms with Crippen molar-refractivity contribution in [2.75, 3.05) is 0 Å². The SMILES string of the molecule is c1ccc(-c2nc(-c3ccc(-c4ccncc4)cc3)cc(-c3ccc(-c4ccc(-c5cccc6sc7ccccc7c56)c5c4oc4ccccc45)cc3)n2)cc1. The first-order valence-electron chi connectivity index (χ1n) is 18.7. The van der Waals surface area contributed by atoms with Crippen LogP contribution < -0.4 is 0 Å². The number of fused-ring (bicyclic) bond motifs is 6. The fraction of sp³-hybridized carbons (Fsp3) is 0. The topological polar surface area (TPSA) is 51.8 Å². The summed E-state index contributed by atoms with van der Waals surface area (Å²) in [5.41, 5.74) is 13.3. The van der Waals surface area contributed by atoms with E-state index in [1.54, 1.807) is 0 Å². The Labute approximate surface area is 327 Å². The highest BCUT2D eigenvalue weighted by molar-refractivity contribution is 7.25. The zero-order valence-electron chi connectivity index (χ0n) is 30.1. The molecule has 4 aromatic heterocycles. The number of aromatic nitrogens is 3. The molecule has 0 spiro atoms. The molecule has 262 valence electrons. The summed E-state index contributed by atoms with van der Waals surface area (Å²) in [7, 11) is 0. The average Bonchev–Trinajstić information content (AvgIpc) is 3.86. The van der Waals surface area contributed by atoms with Gasteiger partial charge in [0, 0.05) is 65.6 Å². The maximum atomic E-state index is 6.74. The van der Waals surface area contributed by atoms with Gasteiger partial charge in [0.1, 0.15) is 11.2 Å². The summed E-state index contributed by atoms with van der Waals surface area (Å²) in [5, 5.41) is 4.82. The Balaban J connectivity index is 1.02. The lowest BCUT2D eigenvalue weighted by Crippen LogP contribution is -1.96. The van der Waals surface area contributed by atoms with E-state index in [-0.39, 0.29) is 0 Å². The summed E-state index contributed by atoms with van der Waals surface area (Å²) >= 11 is 1.85. The molecular formula is C51H31N3OS. The largest absolute Gasteiger partial charge is 0.455 e. The quantitative estimate of drug-likeness (QED) is 0.171. The third-order valence-electron chi connectivity index (χ3n) is 10.7. The lowest BCUT2D eigenvalue weighted by molar-refractivity contribution is 0.670. The maximum absolute atomic E-state index is 6.74. The van der Waals surface area contributed by atoms with E-state index in [2.05, 4.69) is 145 Å². The minimum Gasteiger partial charge on any atom is -0.455 e. The van der Waals surface area contributed by atoms with Gasteiger partial charge in [-0.05, 0) is 70.3 Å². The van der Waals surface area contributed by atoms with Crippen molar-refractivity contribution in [2.45, 2.75) is 0 Å². The minimum absolute atomic E-state index is 0.688. The van der Waals surface area contributed by atoms with Crippen LogP contribution in [0.25, 0.3) is 109 Å². The lowest BCUT2D eigenvalue weighted by atomic mass is 9.92. The van der Waals surface area contributed by atoms with Crippen molar-refractivity contribution in [3.05, 3.63) is 188 Å². The molecule has 0 unspecified atom stereocenters. The van der Waals surface area contributed by atoms with Gasteiger partial charge in [-0.3, -0.25) is 4.98 Å². The number of rotatable bonds is 6. The highest BCUT2D eigenvalue weighted by Crippen LogP contribution is 2.46.